The number of anilines is 1. The van der Waals surface area contributed by atoms with Crippen molar-refractivity contribution in [2.75, 3.05) is 12.3 Å². The Morgan fingerprint density at radius 2 is 2.18 bits per heavy atom. The molecule has 0 fully saturated rings. The molecule has 0 aliphatic carbocycles. The van der Waals surface area contributed by atoms with Gasteiger partial charge in [-0.3, -0.25) is 9.88 Å². The molecule has 0 atom stereocenters. The molecule has 2 N–H and O–H groups in total. The molecule has 0 spiro atoms. The zero-order valence-corrected chi connectivity index (χ0v) is 9.58. The first-order chi connectivity index (χ1) is 8.31. The number of fused-ring (bicyclic) bond motifs is 1. The summed E-state index contributed by atoms with van der Waals surface area (Å²) < 4.78 is 2.20. The Morgan fingerprint density at radius 1 is 1.24 bits per heavy atom. The van der Waals surface area contributed by atoms with Gasteiger partial charge >= 0.3 is 0 Å². The van der Waals surface area contributed by atoms with Crippen LogP contribution in [0.3, 0.4) is 0 Å². The predicted molar refractivity (Wildman–Crippen MR) is 65.0 cm³/mol. The third-order valence-corrected chi connectivity index (χ3v) is 3.05. The van der Waals surface area contributed by atoms with Gasteiger partial charge in [0.2, 0.25) is 0 Å². The van der Waals surface area contributed by atoms with Crippen molar-refractivity contribution in [3.05, 3.63) is 42.2 Å². The van der Waals surface area contributed by atoms with Crippen LogP contribution in [-0.4, -0.2) is 26.0 Å². The summed E-state index contributed by atoms with van der Waals surface area (Å²) in [5.41, 5.74) is 7.54. The third-order valence-electron chi connectivity index (χ3n) is 3.05. The Kier molecular flexibility index (Phi) is 2.53. The molecule has 0 bridgehead atoms. The van der Waals surface area contributed by atoms with Crippen LogP contribution in [0.15, 0.2) is 30.7 Å². The quantitative estimate of drug-likeness (QED) is 0.830. The molecule has 1 aliphatic rings. The van der Waals surface area contributed by atoms with Gasteiger partial charge in [0.05, 0.1) is 12.2 Å². The largest absolute Gasteiger partial charge is 0.399 e. The average molecular weight is 229 g/mol. The summed E-state index contributed by atoms with van der Waals surface area (Å²) in [6.07, 6.45) is 5.65. The normalized spacial score (nSPS) is 15.8. The second kappa shape index (κ2) is 4.18. The lowest BCUT2D eigenvalue weighted by atomic mass is 10.2. The lowest BCUT2D eigenvalue weighted by Crippen LogP contribution is -2.33. The lowest BCUT2D eigenvalue weighted by Gasteiger charge is -2.27. The van der Waals surface area contributed by atoms with Crippen LogP contribution < -0.4 is 5.73 Å². The van der Waals surface area contributed by atoms with E-state index in [9.17, 15) is 0 Å². The van der Waals surface area contributed by atoms with Gasteiger partial charge in [-0.1, -0.05) is 0 Å². The minimum Gasteiger partial charge on any atom is -0.399 e. The Hall–Kier alpha value is -1.88. The fraction of sp³-hybridized carbons (Fsp3) is 0.333. The number of aromatic nitrogens is 3. The van der Waals surface area contributed by atoms with Crippen LogP contribution in [0.5, 0.6) is 0 Å². The number of nitrogens with zero attached hydrogens (tertiary/aromatic N) is 4. The van der Waals surface area contributed by atoms with E-state index in [1.807, 2.05) is 24.5 Å². The van der Waals surface area contributed by atoms with E-state index >= 15 is 0 Å². The molecule has 0 unspecified atom stereocenters. The summed E-state index contributed by atoms with van der Waals surface area (Å²) >= 11 is 0. The number of rotatable bonds is 2. The molecule has 2 aromatic rings. The van der Waals surface area contributed by atoms with Crippen molar-refractivity contribution in [1.82, 2.24) is 19.4 Å². The number of imidazole rings is 1. The van der Waals surface area contributed by atoms with Gasteiger partial charge in [-0.05, 0) is 12.1 Å². The van der Waals surface area contributed by atoms with Crippen molar-refractivity contribution in [2.45, 2.75) is 19.6 Å². The molecule has 5 nitrogen and oxygen atoms in total. The molecule has 88 valence electrons. The van der Waals surface area contributed by atoms with Crippen LogP contribution in [0.2, 0.25) is 0 Å². The van der Waals surface area contributed by atoms with Crippen LogP contribution in [0.1, 0.15) is 11.5 Å². The van der Waals surface area contributed by atoms with Crippen LogP contribution >= 0.6 is 0 Å². The molecule has 3 rings (SSSR count). The SMILES string of the molecule is Nc1ccnc(CN2CCn3ccnc3C2)c1. The van der Waals surface area contributed by atoms with Gasteiger partial charge in [-0.25, -0.2) is 4.98 Å². The fourth-order valence-electron chi connectivity index (χ4n) is 2.17. The minimum absolute atomic E-state index is 0.772. The molecule has 0 aromatic carbocycles. The summed E-state index contributed by atoms with van der Waals surface area (Å²) in [6, 6.07) is 3.74. The van der Waals surface area contributed by atoms with Crippen LogP contribution in [-0.2, 0) is 19.6 Å². The van der Waals surface area contributed by atoms with E-state index in [1.165, 1.54) is 0 Å². The van der Waals surface area contributed by atoms with E-state index in [0.29, 0.717) is 0 Å². The second-order valence-electron chi connectivity index (χ2n) is 4.33. The molecule has 17 heavy (non-hydrogen) atoms. The van der Waals surface area contributed by atoms with Crippen LogP contribution in [0.25, 0.3) is 0 Å². The first-order valence-corrected chi connectivity index (χ1v) is 5.74. The van der Waals surface area contributed by atoms with E-state index in [0.717, 1.165) is 43.4 Å². The zero-order valence-electron chi connectivity index (χ0n) is 9.58. The number of hydrogen-bond acceptors (Lipinski definition) is 4. The summed E-state index contributed by atoms with van der Waals surface area (Å²) in [6.45, 7) is 3.73. The first kappa shape index (κ1) is 10.3. The van der Waals surface area contributed by atoms with Gasteiger partial charge in [0.15, 0.2) is 0 Å². The Labute approximate surface area is 99.9 Å². The maximum Gasteiger partial charge on any atom is 0.122 e. The van der Waals surface area contributed by atoms with Crippen molar-refractivity contribution >= 4 is 5.69 Å². The maximum absolute atomic E-state index is 5.75. The summed E-state index contributed by atoms with van der Waals surface area (Å²) in [5, 5.41) is 0. The van der Waals surface area contributed by atoms with E-state index < -0.39 is 0 Å². The Balaban J connectivity index is 1.72. The molecule has 5 heteroatoms. The molecule has 0 amide bonds. The van der Waals surface area contributed by atoms with Crippen molar-refractivity contribution in [3.63, 3.8) is 0 Å². The summed E-state index contributed by atoms with van der Waals surface area (Å²) in [7, 11) is 0. The van der Waals surface area contributed by atoms with Crippen molar-refractivity contribution in [3.8, 4) is 0 Å². The Bertz CT molecular complexity index is 519. The molecule has 2 aromatic heterocycles. The zero-order chi connectivity index (χ0) is 11.7. The highest BCUT2D eigenvalue weighted by Gasteiger charge is 2.16. The van der Waals surface area contributed by atoms with Gasteiger partial charge in [0, 0.05) is 43.9 Å². The number of hydrogen-bond donors (Lipinski definition) is 1. The van der Waals surface area contributed by atoms with E-state index in [1.54, 1.807) is 6.20 Å². The smallest absolute Gasteiger partial charge is 0.122 e. The highest BCUT2D eigenvalue weighted by molar-refractivity contribution is 5.37. The van der Waals surface area contributed by atoms with Crippen molar-refractivity contribution in [1.29, 1.82) is 0 Å². The molecular weight excluding hydrogens is 214 g/mol. The minimum atomic E-state index is 0.772. The van der Waals surface area contributed by atoms with Gasteiger partial charge in [-0.2, -0.15) is 0 Å². The number of pyridine rings is 1. The van der Waals surface area contributed by atoms with Crippen molar-refractivity contribution < 1.29 is 0 Å². The van der Waals surface area contributed by atoms with E-state index in [-0.39, 0.29) is 0 Å². The molecular formula is C12H15N5. The third kappa shape index (κ3) is 2.14. The van der Waals surface area contributed by atoms with E-state index in [4.69, 9.17) is 5.73 Å². The van der Waals surface area contributed by atoms with Gasteiger partial charge in [-0.15, -0.1) is 0 Å². The maximum atomic E-state index is 5.75. The van der Waals surface area contributed by atoms with Gasteiger partial charge in [0.25, 0.3) is 0 Å². The topological polar surface area (TPSA) is 60.0 Å². The van der Waals surface area contributed by atoms with Crippen LogP contribution in [0, 0.1) is 0 Å². The molecule has 3 heterocycles. The molecule has 0 saturated carbocycles. The molecule has 0 saturated heterocycles. The summed E-state index contributed by atoms with van der Waals surface area (Å²) in [4.78, 5) is 11.0. The number of nitrogens with two attached hydrogens (primary N) is 1. The van der Waals surface area contributed by atoms with E-state index in [2.05, 4.69) is 19.4 Å². The van der Waals surface area contributed by atoms with Gasteiger partial charge in [0.1, 0.15) is 5.82 Å². The fourth-order valence-corrected chi connectivity index (χ4v) is 2.17. The van der Waals surface area contributed by atoms with Gasteiger partial charge < -0.3 is 10.3 Å². The Morgan fingerprint density at radius 3 is 3.06 bits per heavy atom. The highest BCUT2D eigenvalue weighted by atomic mass is 15.2. The summed E-state index contributed by atoms with van der Waals surface area (Å²) in [5.74, 6) is 1.13. The number of nitrogen functional groups attached to an aromatic ring is 1. The first-order valence-electron chi connectivity index (χ1n) is 5.74. The van der Waals surface area contributed by atoms with Crippen LogP contribution in [0.4, 0.5) is 5.69 Å². The molecule has 0 radical (unpaired) electrons. The lowest BCUT2D eigenvalue weighted by molar-refractivity contribution is 0.206. The average Bonchev–Trinajstić information content (AvgIpc) is 2.76. The molecule has 1 aliphatic heterocycles. The predicted octanol–water partition coefficient (Wildman–Crippen LogP) is 0.876. The monoisotopic (exact) mass is 229 g/mol. The second-order valence-corrected chi connectivity index (χ2v) is 4.33. The standard InChI is InChI=1S/C12H15N5/c13-10-1-2-14-11(7-10)8-16-5-6-17-4-3-15-12(17)9-16/h1-4,7H,5-6,8-9H2,(H2,13,14). The highest BCUT2D eigenvalue weighted by Crippen LogP contribution is 2.13. The van der Waals surface area contributed by atoms with Crippen molar-refractivity contribution in [2.24, 2.45) is 0 Å².